The van der Waals surface area contributed by atoms with Crippen molar-refractivity contribution >= 4 is 21.6 Å². The van der Waals surface area contributed by atoms with Crippen LogP contribution in [0.1, 0.15) is 25.8 Å². The summed E-state index contributed by atoms with van der Waals surface area (Å²) < 4.78 is 1.08. The van der Waals surface area contributed by atoms with Gasteiger partial charge >= 0.3 is 0 Å². The molecule has 0 amide bonds. The lowest BCUT2D eigenvalue weighted by Gasteiger charge is -2.25. The third-order valence-corrected chi connectivity index (χ3v) is 3.92. The molecule has 1 saturated heterocycles. The van der Waals surface area contributed by atoms with Crippen molar-refractivity contribution in [3.05, 3.63) is 28.2 Å². The van der Waals surface area contributed by atoms with Crippen LogP contribution < -0.4 is 4.90 Å². The highest BCUT2D eigenvalue weighted by atomic mass is 79.9. The molecule has 1 aliphatic heterocycles. The second-order valence-electron chi connectivity index (χ2n) is 4.79. The van der Waals surface area contributed by atoms with Gasteiger partial charge in [0, 0.05) is 17.1 Å². The molecule has 88 valence electrons. The number of benzene rings is 1. The van der Waals surface area contributed by atoms with E-state index in [2.05, 4.69) is 40.7 Å². The molecule has 1 heterocycles. The second kappa shape index (κ2) is 4.76. The van der Waals surface area contributed by atoms with Crippen molar-refractivity contribution in [3.8, 4) is 0 Å². The van der Waals surface area contributed by atoms with E-state index < -0.39 is 0 Å². The number of aliphatic hydroxyl groups is 1. The minimum atomic E-state index is 0.102. The molecule has 16 heavy (non-hydrogen) atoms. The van der Waals surface area contributed by atoms with Crippen molar-refractivity contribution in [2.75, 3.05) is 11.4 Å². The molecule has 0 radical (unpaired) electrons. The molecule has 1 aliphatic rings. The zero-order valence-electron chi connectivity index (χ0n) is 9.78. The maximum absolute atomic E-state index is 9.08. The van der Waals surface area contributed by atoms with Crippen molar-refractivity contribution in [2.24, 2.45) is 5.92 Å². The van der Waals surface area contributed by atoms with E-state index in [0.717, 1.165) is 22.5 Å². The summed E-state index contributed by atoms with van der Waals surface area (Å²) in [6.45, 7) is 5.80. The van der Waals surface area contributed by atoms with Crippen LogP contribution in [0.25, 0.3) is 0 Å². The standard InChI is InChI=1S/C13H18BrNO/c1-9-5-10(2)15(7-9)13-4-3-11(8-16)6-12(13)14/h3-4,6,9-10,16H,5,7-8H2,1-2H3. The topological polar surface area (TPSA) is 23.5 Å². The number of aliphatic hydroxyl groups excluding tert-OH is 1. The van der Waals surface area contributed by atoms with Crippen LogP contribution in [-0.4, -0.2) is 17.7 Å². The van der Waals surface area contributed by atoms with Gasteiger partial charge in [-0.3, -0.25) is 0 Å². The van der Waals surface area contributed by atoms with Gasteiger partial charge in [0.15, 0.2) is 0 Å². The van der Waals surface area contributed by atoms with Gasteiger partial charge in [-0.2, -0.15) is 0 Å². The SMILES string of the molecule is CC1CC(C)N(c2ccc(CO)cc2Br)C1. The molecule has 2 atom stereocenters. The van der Waals surface area contributed by atoms with Gasteiger partial charge in [-0.15, -0.1) is 0 Å². The minimum absolute atomic E-state index is 0.102. The Bertz CT molecular complexity index is 380. The molecular weight excluding hydrogens is 266 g/mol. The van der Waals surface area contributed by atoms with Crippen LogP contribution in [0, 0.1) is 5.92 Å². The lowest BCUT2D eigenvalue weighted by molar-refractivity contribution is 0.282. The van der Waals surface area contributed by atoms with Gasteiger partial charge < -0.3 is 10.0 Å². The van der Waals surface area contributed by atoms with E-state index in [1.165, 1.54) is 12.1 Å². The maximum Gasteiger partial charge on any atom is 0.0682 e. The van der Waals surface area contributed by atoms with E-state index in [9.17, 15) is 0 Å². The number of rotatable bonds is 2. The van der Waals surface area contributed by atoms with Crippen LogP contribution in [0.3, 0.4) is 0 Å². The molecule has 1 aromatic carbocycles. The minimum Gasteiger partial charge on any atom is -0.392 e. The Morgan fingerprint density at radius 3 is 2.69 bits per heavy atom. The monoisotopic (exact) mass is 283 g/mol. The average Bonchev–Trinajstić information content (AvgIpc) is 2.57. The Morgan fingerprint density at radius 1 is 1.44 bits per heavy atom. The summed E-state index contributed by atoms with van der Waals surface area (Å²) >= 11 is 3.59. The van der Waals surface area contributed by atoms with Gasteiger partial charge in [-0.05, 0) is 52.9 Å². The Kier molecular flexibility index (Phi) is 3.55. The summed E-state index contributed by atoms with van der Waals surface area (Å²) in [5, 5.41) is 9.08. The quantitative estimate of drug-likeness (QED) is 0.901. The van der Waals surface area contributed by atoms with Gasteiger partial charge in [-0.1, -0.05) is 13.0 Å². The molecule has 2 unspecified atom stereocenters. The van der Waals surface area contributed by atoms with Crippen LogP contribution >= 0.6 is 15.9 Å². The molecule has 0 aromatic heterocycles. The molecule has 1 aromatic rings. The molecule has 0 aliphatic carbocycles. The highest BCUT2D eigenvalue weighted by molar-refractivity contribution is 9.10. The summed E-state index contributed by atoms with van der Waals surface area (Å²) in [4.78, 5) is 2.44. The Labute approximate surface area is 105 Å². The maximum atomic E-state index is 9.08. The van der Waals surface area contributed by atoms with Crippen LogP contribution in [0.2, 0.25) is 0 Å². The number of anilines is 1. The summed E-state index contributed by atoms with van der Waals surface area (Å²) in [5.74, 6) is 0.763. The predicted molar refractivity (Wildman–Crippen MR) is 70.7 cm³/mol. The van der Waals surface area contributed by atoms with Crippen LogP contribution in [0.5, 0.6) is 0 Å². The number of halogens is 1. The first-order valence-corrected chi connectivity index (χ1v) is 6.57. The Hall–Kier alpha value is -0.540. The van der Waals surface area contributed by atoms with Crippen molar-refractivity contribution in [2.45, 2.75) is 32.9 Å². The van der Waals surface area contributed by atoms with E-state index in [-0.39, 0.29) is 6.61 Å². The molecule has 2 rings (SSSR count). The first-order valence-electron chi connectivity index (χ1n) is 5.77. The second-order valence-corrected chi connectivity index (χ2v) is 5.64. The van der Waals surface area contributed by atoms with Gasteiger partial charge in [-0.25, -0.2) is 0 Å². The smallest absolute Gasteiger partial charge is 0.0682 e. The Balaban J connectivity index is 2.27. The van der Waals surface area contributed by atoms with Crippen LogP contribution in [0.15, 0.2) is 22.7 Å². The summed E-state index contributed by atoms with van der Waals surface area (Å²) in [6, 6.07) is 6.71. The van der Waals surface area contributed by atoms with Crippen molar-refractivity contribution < 1.29 is 5.11 Å². The molecular formula is C13H18BrNO. The van der Waals surface area contributed by atoms with Crippen molar-refractivity contribution in [1.82, 2.24) is 0 Å². The number of hydrogen-bond acceptors (Lipinski definition) is 2. The van der Waals surface area contributed by atoms with Crippen LogP contribution in [-0.2, 0) is 6.61 Å². The molecule has 2 nitrogen and oxygen atoms in total. The highest BCUT2D eigenvalue weighted by Gasteiger charge is 2.27. The fourth-order valence-corrected chi connectivity index (χ4v) is 3.17. The van der Waals surface area contributed by atoms with E-state index in [1.807, 2.05) is 12.1 Å². The first kappa shape index (κ1) is 11.9. The molecule has 0 saturated carbocycles. The van der Waals surface area contributed by atoms with E-state index in [0.29, 0.717) is 6.04 Å². The fraction of sp³-hybridized carbons (Fsp3) is 0.538. The van der Waals surface area contributed by atoms with Gasteiger partial charge in [0.05, 0.1) is 12.3 Å². The lowest BCUT2D eigenvalue weighted by Crippen LogP contribution is -2.26. The van der Waals surface area contributed by atoms with Crippen LogP contribution in [0.4, 0.5) is 5.69 Å². The van der Waals surface area contributed by atoms with Crippen molar-refractivity contribution in [3.63, 3.8) is 0 Å². The predicted octanol–water partition coefficient (Wildman–Crippen LogP) is 3.18. The molecule has 1 fully saturated rings. The average molecular weight is 284 g/mol. The molecule has 3 heteroatoms. The lowest BCUT2D eigenvalue weighted by atomic mass is 10.1. The normalized spacial score (nSPS) is 25.1. The molecule has 0 bridgehead atoms. The number of nitrogens with zero attached hydrogens (tertiary/aromatic N) is 1. The third kappa shape index (κ3) is 2.25. The summed E-state index contributed by atoms with van der Waals surface area (Å²) in [7, 11) is 0. The zero-order valence-corrected chi connectivity index (χ0v) is 11.4. The van der Waals surface area contributed by atoms with Gasteiger partial charge in [0.2, 0.25) is 0 Å². The summed E-state index contributed by atoms with van der Waals surface area (Å²) in [6.07, 6.45) is 1.26. The highest BCUT2D eigenvalue weighted by Crippen LogP contribution is 2.34. The van der Waals surface area contributed by atoms with E-state index >= 15 is 0 Å². The summed E-state index contributed by atoms with van der Waals surface area (Å²) in [5.41, 5.74) is 2.20. The zero-order chi connectivity index (χ0) is 11.7. The third-order valence-electron chi connectivity index (χ3n) is 3.29. The van der Waals surface area contributed by atoms with Gasteiger partial charge in [0.25, 0.3) is 0 Å². The first-order chi connectivity index (χ1) is 7.61. The van der Waals surface area contributed by atoms with E-state index in [4.69, 9.17) is 5.11 Å². The largest absolute Gasteiger partial charge is 0.392 e. The molecule has 1 N–H and O–H groups in total. The van der Waals surface area contributed by atoms with Crippen molar-refractivity contribution in [1.29, 1.82) is 0 Å². The van der Waals surface area contributed by atoms with Gasteiger partial charge in [0.1, 0.15) is 0 Å². The fourth-order valence-electron chi connectivity index (χ4n) is 2.52. The van der Waals surface area contributed by atoms with E-state index in [1.54, 1.807) is 0 Å². The molecule has 0 spiro atoms. The number of hydrogen-bond donors (Lipinski definition) is 1. The Morgan fingerprint density at radius 2 is 2.19 bits per heavy atom.